The number of aromatic hydroxyl groups is 1. The first-order chi connectivity index (χ1) is 19.5. The van der Waals surface area contributed by atoms with Gasteiger partial charge in [-0.25, -0.2) is 4.79 Å². The highest BCUT2D eigenvalue weighted by molar-refractivity contribution is 6.15. The number of ether oxygens (including phenoxy) is 1. The third-order valence-corrected chi connectivity index (χ3v) is 12.5. The van der Waals surface area contributed by atoms with Crippen molar-refractivity contribution >= 4 is 11.5 Å². The van der Waals surface area contributed by atoms with Gasteiger partial charge in [-0.05, 0) is 121 Å². The molecule has 1 aromatic carbocycles. The smallest absolute Gasteiger partial charge is 0.338 e. The molecule has 0 amide bonds. The van der Waals surface area contributed by atoms with Crippen molar-refractivity contribution in [2.75, 3.05) is 0 Å². The van der Waals surface area contributed by atoms with Gasteiger partial charge in [0.2, 0.25) is 0 Å². The van der Waals surface area contributed by atoms with E-state index in [1.165, 1.54) is 44.1 Å². The molecular weight excluding hydrogens is 504 g/mol. The standard InChI is InChI=1S/C38H54O3/c1-8-27(24(2)3)10-9-25(4)33-17-18-34-32-16-13-29-23-31(19-21-37(29,6)35(32)20-22-38(33,34)7)41-36(40)26(5)28-11-14-30(39)15-12-28/h9-15,24-25,27,31-35,39H,5,8,16-23H2,1-4,6-7H3. The molecule has 0 bridgehead atoms. The van der Waals surface area contributed by atoms with Crippen LogP contribution in [0.25, 0.3) is 5.57 Å². The monoisotopic (exact) mass is 558 g/mol. The van der Waals surface area contributed by atoms with Gasteiger partial charge in [0.05, 0.1) is 5.57 Å². The van der Waals surface area contributed by atoms with Crippen LogP contribution >= 0.6 is 0 Å². The molecule has 9 atom stereocenters. The summed E-state index contributed by atoms with van der Waals surface area (Å²) >= 11 is 0. The molecule has 1 N–H and O–H groups in total. The lowest BCUT2D eigenvalue weighted by Crippen LogP contribution is -2.51. The normalized spacial score (nSPS) is 36.2. The van der Waals surface area contributed by atoms with Crippen molar-refractivity contribution in [1.82, 2.24) is 0 Å². The number of phenols is 1. The summed E-state index contributed by atoms with van der Waals surface area (Å²) in [7, 11) is 0. The SMILES string of the molecule is C=C(C(=O)OC1CCC2(C)C(=CCC3C2CCC2(C)C(C(C)C=CC(CC)C(C)C)CCC32)C1)c1ccc(O)cc1. The molecule has 9 unspecified atom stereocenters. The zero-order chi connectivity index (χ0) is 29.5. The molecule has 0 aromatic heterocycles. The van der Waals surface area contributed by atoms with Gasteiger partial charge in [-0.3, -0.25) is 0 Å². The van der Waals surface area contributed by atoms with Crippen molar-refractivity contribution in [3.8, 4) is 5.75 Å². The Morgan fingerprint density at radius 3 is 2.46 bits per heavy atom. The number of hydrogen-bond acceptors (Lipinski definition) is 3. The quantitative estimate of drug-likeness (QED) is 0.196. The number of phenolic OH excluding ortho intramolecular Hbond substituents is 1. The molecule has 41 heavy (non-hydrogen) atoms. The fourth-order valence-corrected chi connectivity index (χ4v) is 9.92. The highest BCUT2D eigenvalue weighted by atomic mass is 16.5. The van der Waals surface area contributed by atoms with E-state index in [4.69, 9.17) is 4.74 Å². The van der Waals surface area contributed by atoms with E-state index in [9.17, 15) is 9.90 Å². The van der Waals surface area contributed by atoms with E-state index in [2.05, 4.69) is 66.3 Å². The number of rotatable bonds is 8. The van der Waals surface area contributed by atoms with Gasteiger partial charge in [-0.1, -0.05) is 84.1 Å². The van der Waals surface area contributed by atoms with Crippen molar-refractivity contribution in [1.29, 1.82) is 0 Å². The molecule has 0 aliphatic heterocycles. The second-order valence-corrected chi connectivity index (χ2v) is 14.8. The minimum atomic E-state index is -0.342. The van der Waals surface area contributed by atoms with E-state index in [0.29, 0.717) is 34.3 Å². The Labute approximate surface area is 249 Å². The molecular formula is C38H54O3. The summed E-state index contributed by atoms with van der Waals surface area (Å²) in [5, 5.41) is 9.57. The Kier molecular flexibility index (Phi) is 8.66. The first-order valence-corrected chi connectivity index (χ1v) is 16.5. The minimum Gasteiger partial charge on any atom is -0.508 e. The fourth-order valence-electron chi connectivity index (χ4n) is 9.92. The summed E-state index contributed by atoms with van der Waals surface area (Å²) in [4.78, 5) is 12.9. The summed E-state index contributed by atoms with van der Waals surface area (Å²) in [5.74, 6) is 5.06. The maximum atomic E-state index is 12.9. The number of carbonyl (C=O) groups excluding carboxylic acids is 1. The van der Waals surface area contributed by atoms with Gasteiger partial charge in [0.1, 0.15) is 11.9 Å². The van der Waals surface area contributed by atoms with Gasteiger partial charge in [-0.2, -0.15) is 0 Å². The van der Waals surface area contributed by atoms with E-state index < -0.39 is 0 Å². The van der Waals surface area contributed by atoms with Crippen LogP contribution in [0.4, 0.5) is 0 Å². The van der Waals surface area contributed by atoms with Crippen LogP contribution in [-0.4, -0.2) is 17.2 Å². The van der Waals surface area contributed by atoms with Crippen LogP contribution in [0, 0.1) is 52.3 Å². The lowest BCUT2D eigenvalue weighted by molar-refractivity contribution is -0.144. The van der Waals surface area contributed by atoms with Crippen LogP contribution in [0.3, 0.4) is 0 Å². The van der Waals surface area contributed by atoms with Gasteiger partial charge >= 0.3 is 5.97 Å². The third kappa shape index (κ3) is 5.59. The van der Waals surface area contributed by atoms with Crippen molar-refractivity contribution in [3.05, 3.63) is 60.2 Å². The number of benzene rings is 1. The molecule has 0 spiro atoms. The Balaban J connectivity index is 1.25. The molecule has 0 saturated heterocycles. The number of allylic oxidation sites excluding steroid dienone is 3. The molecule has 4 aliphatic rings. The van der Waals surface area contributed by atoms with E-state index in [-0.39, 0.29) is 23.2 Å². The van der Waals surface area contributed by atoms with Crippen LogP contribution in [-0.2, 0) is 9.53 Å². The second kappa shape index (κ2) is 11.8. The van der Waals surface area contributed by atoms with Gasteiger partial charge in [0, 0.05) is 6.42 Å². The topological polar surface area (TPSA) is 46.5 Å². The maximum Gasteiger partial charge on any atom is 0.338 e. The van der Waals surface area contributed by atoms with Crippen molar-refractivity contribution in [2.24, 2.45) is 52.3 Å². The second-order valence-electron chi connectivity index (χ2n) is 14.8. The average molecular weight is 559 g/mol. The number of carbonyl (C=O) groups is 1. The first-order valence-electron chi connectivity index (χ1n) is 16.5. The molecule has 224 valence electrons. The van der Waals surface area contributed by atoms with E-state index in [1.54, 1.807) is 24.3 Å². The molecule has 3 heteroatoms. The average Bonchev–Trinajstić information content (AvgIpc) is 3.30. The lowest BCUT2D eigenvalue weighted by atomic mass is 9.47. The number of esters is 1. The maximum absolute atomic E-state index is 12.9. The van der Waals surface area contributed by atoms with Crippen molar-refractivity contribution in [2.45, 2.75) is 105 Å². The summed E-state index contributed by atoms with van der Waals surface area (Å²) in [6.45, 7) is 18.7. The van der Waals surface area contributed by atoms with Gasteiger partial charge in [-0.15, -0.1) is 0 Å². The zero-order valence-electron chi connectivity index (χ0n) is 26.5. The Morgan fingerprint density at radius 1 is 1.05 bits per heavy atom. The highest BCUT2D eigenvalue weighted by Gasteiger charge is 2.59. The van der Waals surface area contributed by atoms with E-state index in [0.717, 1.165) is 42.9 Å². The van der Waals surface area contributed by atoms with Crippen molar-refractivity contribution < 1.29 is 14.6 Å². The van der Waals surface area contributed by atoms with Crippen LogP contribution < -0.4 is 0 Å². The molecule has 3 nitrogen and oxygen atoms in total. The number of fused-ring (bicyclic) bond motifs is 5. The predicted molar refractivity (Wildman–Crippen MR) is 169 cm³/mol. The number of hydrogen-bond donors (Lipinski definition) is 1. The van der Waals surface area contributed by atoms with Gasteiger partial charge < -0.3 is 9.84 Å². The Morgan fingerprint density at radius 2 is 1.78 bits per heavy atom. The van der Waals surface area contributed by atoms with E-state index >= 15 is 0 Å². The summed E-state index contributed by atoms with van der Waals surface area (Å²) < 4.78 is 6.01. The highest BCUT2D eigenvalue weighted by Crippen LogP contribution is 2.67. The van der Waals surface area contributed by atoms with Gasteiger partial charge in [0.25, 0.3) is 0 Å². The van der Waals surface area contributed by atoms with E-state index in [1.807, 2.05) is 0 Å². The Hall–Kier alpha value is -2.29. The zero-order valence-corrected chi connectivity index (χ0v) is 26.5. The largest absolute Gasteiger partial charge is 0.508 e. The third-order valence-electron chi connectivity index (χ3n) is 12.5. The molecule has 0 heterocycles. The van der Waals surface area contributed by atoms with Crippen LogP contribution in [0.2, 0.25) is 0 Å². The van der Waals surface area contributed by atoms with Crippen molar-refractivity contribution in [3.63, 3.8) is 0 Å². The predicted octanol–water partition coefficient (Wildman–Crippen LogP) is 9.77. The molecule has 1 aromatic rings. The Bertz CT molecular complexity index is 1170. The van der Waals surface area contributed by atoms with Crippen LogP contribution in [0.5, 0.6) is 5.75 Å². The summed E-state index contributed by atoms with van der Waals surface area (Å²) in [6, 6.07) is 6.60. The molecule has 4 aliphatic carbocycles. The molecule has 0 radical (unpaired) electrons. The summed E-state index contributed by atoms with van der Waals surface area (Å²) in [5.41, 5.74) is 3.27. The van der Waals surface area contributed by atoms with Gasteiger partial charge in [0.15, 0.2) is 0 Å². The molecule has 3 saturated carbocycles. The lowest BCUT2D eigenvalue weighted by Gasteiger charge is -2.58. The minimum absolute atomic E-state index is 0.0811. The van der Waals surface area contributed by atoms with Crippen LogP contribution in [0.15, 0.2) is 54.6 Å². The molecule has 3 fully saturated rings. The summed E-state index contributed by atoms with van der Waals surface area (Å²) in [6.07, 6.45) is 18.4. The van der Waals surface area contributed by atoms with Crippen LogP contribution in [0.1, 0.15) is 105 Å². The first kappa shape index (κ1) is 30.2. The molecule has 5 rings (SSSR count). The fraction of sp³-hybridized carbons (Fsp3) is 0.658.